The molecule has 0 amide bonds. The van der Waals surface area contributed by atoms with Gasteiger partial charge in [-0.3, -0.25) is 0 Å². The predicted octanol–water partition coefficient (Wildman–Crippen LogP) is 4.74. The van der Waals surface area contributed by atoms with Crippen LogP contribution in [0.4, 0.5) is 5.69 Å². The van der Waals surface area contributed by atoms with Gasteiger partial charge in [0.25, 0.3) is 0 Å². The van der Waals surface area contributed by atoms with Crippen molar-refractivity contribution in [3.8, 4) is 11.5 Å². The summed E-state index contributed by atoms with van der Waals surface area (Å²) in [5.74, 6) is 0.372. The van der Waals surface area contributed by atoms with E-state index < -0.39 is 11.9 Å². The maximum atomic E-state index is 12.4. The van der Waals surface area contributed by atoms with Gasteiger partial charge in [0, 0.05) is 22.7 Å². The molecule has 1 unspecified atom stereocenters. The highest BCUT2D eigenvalue weighted by molar-refractivity contribution is 6.43. The van der Waals surface area contributed by atoms with Crippen LogP contribution in [0.15, 0.2) is 35.5 Å². The van der Waals surface area contributed by atoms with Gasteiger partial charge in [0.1, 0.15) is 6.61 Å². The van der Waals surface area contributed by atoms with E-state index in [0.717, 1.165) is 11.3 Å². The molecule has 3 aliphatic rings. The van der Waals surface area contributed by atoms with Gasteiger partial charge in [-0.2, -0.15) is 0 Å². The lowest BCUT2D eigenvalue weighted by molar-refractivity contribution is -0.136. The van der Waals surface area contributed by atoms with Crippen molar-refractivity contribution >= 4 is 46.5 Å². The zero-order chi connectivity index (χ0) is 18.0. The third kappa shape index (κ3) is 2.28. The molecule has 5 rings (SSSR count). The SMILES string of the molecule is O=C1OCC2=C1C(c1cc(Cl)cc(Cl)c1Cl)c1cc3c(cc1N2)OCO3. The summed E-state index contributed by atoms with van der Waals surface area (Å²) in [6, 6.07) is 6.97. The number of nitrogens with one attached hydrogen (secondary N) is 1. The summed E-state index contributed by atoms with van der Waals surface area (Å²) < 4.78 is 16.2. The summed E-state index contributed by atoms with van der Waals surface area (Å²) in [6.45, 7) is 0.326. The van der Waals surface area contributed by atoms with E-state index in [1.807, 2.05) is 12.1 Å². The lowest BCUT2D eigenvalue weighted by atomic mass is 9.81. The van der Waals surface area contributed by atoms with E-state index in [1.54, 1.807) is 12.1 Å². The number of rotatable bonds is 1. The van der Waals surface area contributed by atoms with Crippen molar-refractivity contribution in [3.05, 3.63) is 61.7 Å². The van der Waals surface area contributed by atoms with Crippen LogP contribution in [-0.4, -0.2) is 19.4 Å². The van der Waals surface area contributed by atoms with Crippen LogP contribution in [0.3, 0.4) is 0 Å². The third-order valence-corrected chi connectivity index (χ3v) is 5.69. The Bertz CT molecular complexity index is 1020. The number of ether oxygens (including phenoxy) is 3. The predicted molar refractivity (Wildman–Crippen MR) is 97.5 cm³/mol. The second kappa shape index (κ2) is 5.71. The van der Waals surface area contributed by atoms with Crippen molar-refractivity contribution in [1.82, 2.24) is 0 Å². The number of cyclic esters (lactones) is 1. The zero-order valence-electron chi connectivity index (χ0n) is 13.1. The Balaban J connectivity index is 1.79. The summed E-state index contributed by atoms with van der Waals surface area (Å²) in [7, 11) is 0. The number of fused-ring (bicyclic) bond motifs is 2. The van der Waals surface area contributed by atoms with Crippen molar-refractivity contribution in [1.29, 1.82) is 0 Å². The minimum absolute atomic E-state index is 0.155. The van der Waals surface area contributed by atoms with Crippen molar-refractivity contribution in [2.24, 2.45) is 0 Å². The van der Waals surface area contributed by atoms with Crippen molar-refractivity contribution < 1.29 is 19.0 Å². The number of carbonyl (C=O) groups excluding carboxylic acids is 1. The topological polar surface area (TPSA) is 56.8 Å². The lowest BCUT2D eigenvalue weighted by Crippen LogP contribution is -2.20. The second-order valence-corrected chi connectivity index (χ2v) is 7.33. The molecule has 5 nitrogen and oxygen atoms in total. The molecule has 0 saturated heterocycles. The summed E-state index contributed by atoms with van der Waals surface area (Å²) in [4.78, 5) is 12.4. The van der Waals surface area contributed by atoms with Gasteiger partial charge in [0.05, 0.1) is 21.3 Å². The smallest absolute Gasteiger partial charge is 0.337 e. The first-order valence-electron chi connectivity index (χ1n) is 7.78. The minimum Gasteiger partial charge on any atom is -0.456 e. The van der Waals surface area contributed by atoms with Crippen molar-refractivity contribution in [2.75, 3.05) is 18.7 Å². The van der Waals surface area contributed by atoms with E-state index in [9.17, 15) is 4.79 Å². The Labute approximate surface area is 163 Å². The molecule has 0 spiro atoms. The minimum atomic E-state index is -0.477. The first kappa shape index (κ1) is 16.1. The van der Waals surface area contributed by atoms with E-state index in [-0.39, 0.29) is 13.4 Å². The number of hydrogen-bond donors (Lipinski definition) is 1. The van der Waals surface area contributed by atoms with Gasteiger partial charge in [-0.25, -0.2) is 4.79 Å². The van der Waals surface area contributed by atoms with E-state index in [1.165, 1.54) is 0 Å². The molecule has 0 bridgehead atoms. The number of carbonyl (C=O) groups is 1. The van der Waals surface area contributed by atoms with Gasteiger partial charge in [0.2, 0.25) is 6.79 Å². The molecular formula is C18H10Cl3NO4. The highest BCUT2D eigenvalue weighted by Crippen LogP contribution is 2.51. The number of anilines is 1. The van der Waals surface area contributed by atoms with E-state index in [4.69, 9.17) is 49.0 Å². The van der Waals surface area contributed by atoms with Crippen LogP contribution >= 0.6 is 34.8 Å². The van der Waals surface area contributed by atoms with Gasteiger partial charge >= 0.3 is 5.97 Å². The maximum Gasteiger partial charge on any atom is 0.337 e. The molecule has 3 aliphatic heterocycles. The Morgan fingerprint density at radius 2 is 1.73 bits per heavy atom. The molecule has 0 fully saturated rings. The molecular weight excluding hydrogens is 401 g/mol. The van der Waals surface area contributed by atoms with Crippen LogP contribution in [0.25, 0.3) is 0 Å². The molecule has 0 aromatic heterocycles. The quantitative estimate of drug-likeness (QED) is 0.543. The van der Waals surface area contributed by atoms with Crippen LogP contribution in [0.1, 0.15) is 17.0 Å². The maximum absolute atomic E-state index is 12.4. The fourth-order valence-electron chi connectivity index (χ4n) is 3.54. The Morgan fingerprint density at radius 3 is 2.54 bits per heavy atom. The van der Waals surface area contributed by atoms with Crippen molar-refractivity contribution in [3.63, 3.8) is 0 Å². The first-order valence-corrected chi connectivity index (χ1v) is 8.91. The monoisotopic (exact) mass is 409 g/mol. The van der Waals surface area contributed by atoms with E-state index >= 15 is 0 Å². The zero-order valence-corrected chi connectivity index (χ0v) is 15.3. The van der Waals surface area contributed by atoms with Gasteiger partial charge in [-0.05, 0) is 29.3 Å². The highest BCUT2D eigenvalue weighted by Gasteiger charge is 2.40. The molecule has 2 aromatic carbocycles. The van der Waals surface area contributed by atoms with Gasteiger partial charge in [-0.15, -0.1) is 0 Å². The molecule has 1 N–H and O–H groups in total. The number of halogens is 3. The lowest BCUT2D eigenvalue weighted by Gasteiger charge is -2.28. The average Bonchev–Trinajstić information content (AvgIpc) is 3.21. The highest BCUT2D eigenvalue weighted by atomic mass is 35.5. The molecule has 132 valence electrons. The first-order chi connectivity index (χ1) is 12.5. The standard InChI is InChI=1S/C18H10Cl3NO4/c19-7-1-9(17(21)10(20)2-7)15-8-3-13-14(26-6-25-13)4-11(8)22-12-5-24-18(23)16(12)15/h1-4,15,22H,5-6H2. The van der Waals surface area contributed by atoms with Crippen LogP contribution in [0.2, 0.25) is 15.1 Å². The molecule has 1 atom stereocenters. The summed E-state index contributed by atoms with van der Waals surface area (Å²) in [5.41, 5.74) is 3.43. The van der Waals surface area contributed by atoms with Gasteiger partial charge in [-0.1, -0.05) is 34.8 Å². The number of esters is 1. The second-order valence-electron chi connectivity index (χ2n) is 6.11. The normalized spacial score (nSPS) is 19.8. The van der Waals surface area contributed by atoms with Gasteiger partial charge in [0.15, 0.2) is 11.5 Å². The Morgan fingerprint density at radius 1 is 0.962 bits per heavy atom. The fourth-order valence-corrected chi connectivity index (χ4v) is 4.27. The largest absolute Gasteiger partial charge is 0.456 e. The molecule has 0 aliphatic carbocycles. The fraction of sp³-hybridized carbons (Fsp3) is 0.167. The van der Waals surface area contributed by atoms with Crippen LogP contribution in [-0.2, 0) is 9.53 Å². The van der Waals surface area contributed by atoms with Crippen molar-refractivity contribution in [2.45, 2.75) is 5.92 Å². The number of hydrogen-bond acceptors (Lipinski definition) is 5. The van der Waals surface area contributed by atoms with Gasteiger partial charge < -0.3 is 19.5 Å². The summed E-state index contributed by atoms with van der Waals surface area (Å²) >= 11 is 18.9. The number of benzene rings is 2. The van der Waals surface area contributed by atoms with Crippen LogP contribution < -0.4 is 14.8 Å². The molecule has 3 heterocycles. The molecule has 8 heteroatoms. The van der Waals surface area contributed by atoms with Crippen LogP contribution in [0, 0.1) is 0 Å². The van der Waals surface area contributed by atoms with Crippen LogP contribution in [0.5, 0.6) is 11.5 Å². The van der Waals surface area contributed by atoms with E-state index in [2.05, 4.69) is 5.32 Å². The summed E-state index contributed by atoms with van der Waals surface area (Å²) in [5, 5.41) is 4.36. The Hall–Kier alpha value is -2.08. The molecule has 0 radical (unpaired) electrons. The summed E-state index contributed by atoms with van der Waals surface area (Å²) in [6.07, 6.45) is 0. The molecule has 2 aromatic rings. The molecule has 0 saturated carbocycles. The van der Waals surface area contributed by atoms with E-state index in [0.29, 0.717) is 43.4 Å². The third-order valence-electron chi connectivity index (χ3n) is 4.65. The molecule has 26 heavy (non-hydrogen) atoms. The average molecular weight is 411 g/mol. The Kier molecular flexibility index (Phi) is 3.54.